The summed E-state index contributed by atoms with van der Waals surface area (Å²) in [7, 11) is 1.21. The first-order valence-electron chi connectivity index (χ1n) is 10.1. The van der Waals surface area contributed by atoms with Crippen LogP contribution in [0.2, 0.25) is 10.2 Å². The predicted octanol–water partition coefficient (Wildman–Crippen LogP) is 1.62. The van der Waals surface area contributed by atoms with Crippen LogP contribution in [-0.2, 0) is 27.7 Å². The molecule has 10 nitrogen and oxygen atoms in total. The summed E-state index contributed by atoms with van der Waals surface area (Å²) < 4.78 is 29.1. The SMILES string of the molecule is [2H]C([2H])([2H])n1ccc(CC(NCC(=O)Nc2cc(Cl)ccc2-n2cc(Cl)nn2)C(=O)OC)n1. The number of hydrogen-bond acceptors (Lipinski definition) is 7. The quantitative estimate of drug-likeness (QED) is 0.496. The van der Waals surface area contributed by atoms with Crippen LogP contribution in [0.5, 0.6) is 0 Å². The lowest BCUT2D eigenvalue weighted by molar-refractivity contribution is -0.143. The molecule has 1 atom stereocenters. The predicted molar refractivity (Wildman–Crippen MR) is 111 cm³/mol. The van der Waals surface area contributed by atoms with E-state index in [4.69, 9.17) is 32.1 Å². The number of rotatable bonds is 8. The third-order valence-electron chi connectivity index (χ3n) is 4.00. The van der Waals surface area contributed by atoms with Crippen molar-refractivity contribution >= 4 is 40.8 Å². The van der Waals surface area contributed by atoms with E-state index in [0.29, 0.717) is 22.1 Å². The van der Waals surface area contributed by atoms with E-state index >= 15 is 0 Å². The number of anilines is 1. The topological polar surface area (TPSA) is 116 Å². The van der Waals surface area contributed by atoms with Gasteiger partial charge in [0.05, 0.1) is 36.9 Å². The van der Waals surface area contributed by atoms with Crippen molar-refractivity contribution in [2.75, 3.05) is 19.0 Å². The van der Waals surface area contributed by atoms with Gasteiger partial charge >= 0.3 is 5.97 Å². The van der Waals surface area contributed by atoms with Crippen molar-refractivity contribution in [3.63, 3.8) is 0 Å². The molecule has 158 valence electrons. The van der Waals surface area contributed by atoms with Gasteiger partial charge in [-0.1, -0.05) is 28.4 Å². The Labute approximate surface area is 186 Å². The van der Waals surface area contributed by atoms with Gasteiger partial charge in [0.2, 0.25) is 5.91 Å². The molecule has 0 aliphatic heterocycles. The monoisotopic (exact) mass is 454 g/mol. The highest BCUT2D eigenvalue weighted by Crippen LogP contribution is 2.24. The van der Waals surface area contributed by atoms with E-state index in [-0.39, 0.29) is 18.1 Å². The molecule has 12 heteroatoms. The van der Waals surface area contributed by atoms with Crippen LogP contribution in [0.25, 0.3) is 5.69 Å². The summed E-state index contributed by atoms with van der Waals surface area (Å²) in [6.45, 7) is -2.70. The maximum atomic E-state index is 12.6. The van der Waals surface area contributed by atoms with Crippen molar-refractivity contribution in [2.24, 2.45) is 6.98 Å². The van der Waals surface area contributed by atoms with E-state index in [1.54, 1.807) is 12.1 Å². The fraction of sp³-hybridized carbons (Fsp3) is 0.278. The molecular weight excluding hydrogens is 433 g/mol. The molecule has 1 unspecified atom stereocenters. The van der Waals surface area contributed by atoms with E-state index in [1.807, 2.05) is 0 Å². The lowest BCUT2D eigenvalue weighted by Crippen LogP contribution is -2.43. The molecule has 1 aromatic carbocycles. The first-order valence-corrected chi connectivity index (χ1v) is 9.36. The summed E-state index contributed by atoms with van der Waals surface area (Å²) in [6.07, 6.45) is 2.77. The second-order valence-electron chi connectivity index (χ2n) is 6.11. The second-order valence-corrected chi connectivity index (χ2v) is 6.93. The van der Waals surface area contributed by atoms with E-state index in [0.717, 1.165) is 4.68 Å². The van der Waals surface area contributed by atoms with Crippen molar-refractivity contribution in [3.05, 3.63) is 52.5 Å². The van der Waals surface area contributed by atoms with Gasteiger partial charge in [0.25, 0.3) is 0 Å². The van der Waals surface area contributed by atoms with Crippen LogP contribution in [-0.4, -0.2) is 56.3 Å². The molecule has 0 saturated heterocycles. The zero-order valence-corrected chi connectivity index (χ0v) is 17.2. The van der Waals surface area contributed by atoms with Gasteiger partial charge in [-0.3, -0.25) is 19.6 Å². The van der Waals surface area contributed by atoms with Gasteiger partial charge < -0.3 is 10.1 Å². The van der Waals surface area contributed by atoms with Crippen LogP contribution in [0.3, 0.4) is 0 Å². The number of aromatic nitrogens is 5. The highest BCUT2D eigenvalue weighted by molar-refractivity contribution is 6.31. The molecule has 2 heterocycles. The average molecular weight is 455 g/mol. The molecule has 0 spiro atoms. The largest absolute Gasteiger partial charge is 0.468 e. The van der Waals surface area contributed by atoms with Gasteiger partial charge in [-0.2, -0.15) is 5.10 Å². The van der Waals surface area contributed by atoms with Gasteiger partial charge in [-0.25, -0.2) is 4.68 Å². The average Bonchev–Trinajstić information content (AvgIpc) is 3.39. The maximum absolute atomic E-state index is 12.6. The van der Waals surface area contributed by atoms with Crippen molar-refractivity contribution in [2.45, 2.75) is 12.5 Å². The van der Waals surface area contributed by atoms with E-state index in [1.165, 1.54) is 36.3 Å². The number of benzene rings is 1. The number of esters is 1. The van der Waals surface area contributed by atoms with Gasteiger partial charge in [-0.15, -0.1) is 5.10 Å². The first-order chi connectivity index (χ1) is 15.6. The summed E-state index contributed by atoms with van der Waals surface area (Å²) in [6, 6.07) is 5.32. The Bertz CT molecular complexity index is 1150. The molecule has 3 aromatic rings. The summed E-state index contributed by atoms with van der Waals surface area (Å²) in [5.41, 5.74) is 1.17. The normalized spacial score (nSPS) is 13.8. The molecule has 1 amide bonds. The number of nitrogens with one attached hydrogen (secondary N) is 2. The lowest BCUT2D eigenvalue weighted by atomic mass is 10.1. The van der Waals surface area contributed by atoms with Gasteiger partial charge in [0.15, 0.2) is 5.15 Å². The number of carbonyl (C=O) groups excluding carboxylic acids is 2. The number of ether oxygens (including phenoxy) is 1. The number of aryl methyl sites for hydroxylation is 1. The van der Waals surface area contributed by atoms with Crippen molar-refractivity contribution in [1.29, 1.82) is 0 Å². The van der Waals surface area contributed by atoms with Crippen LogP contribution >= 0.6 is 23.2 Å². The summed E-state index contributed by atoms with van der Waals surface area (Å²) in [4.78, 5) is 24.7. The number of methoxy groups -OCH3 is 1. The molecule has 0 bridgehead atoms. The standard InChI is InChI=1S/C18H19Cl2N7O3/c1-26-6-5-12(24-26)8-14(18(29)30-2)21-9-17(28)22-13-7-11(19)3-4-15(13)27-10-16(20)23-25-27/h3-7,10,14,21H,8-9H2,1-2H3,(H,22,28)/i1D3. The van der Waals surface area contributed by atoms with Crippen LogP contribution in [0, 0.1) is 0 Å². The number of halogens is 2. The van der Waals surface area contributed by atoms with Gasteiger partial charge in [0, 0.05) is 28.7 Å². The smallest absolute Gasteiger partial charge is 0.323 e. The van der Waals surface area contributed by atoms with E-state index in [2.05, 4.69) is 26.0 Å². The van der Waals surface area contributed by atoms with E-state index < -0.39 is 24.9 Å². The Morgan fingerprint density at radius 2 is 2.17 bits per heavy atom. The van der Waals surface area contributed by atoms with Crippen molar-refractivity contribution < 1.29 is 18.4 Å². The zero-order valence-electron chi connectivity index (χ0n) is 18.7. The minimum atomic E-state index is -2.44. The lowest BCUT2D eigenvalue weighted by Gasteiger charge is -2.16. The molecule has 0 radical (unpaired) electrons. The number of nitrogens with zero attached hydrogens (tertiary/aromatic N) is 5. The molecule has 2 N–H and O–H groups in total. The highest BCUT2D eigenvalue weighted by Gasteiger charge is 2.22. The second kappa shape index (κ2) is 9.70. The summed E-state index contributed by atoms with van der Waals surface area (Å²) >= 11 is 11.9. The Hall–Kier alpha value is -2.95. The van der Waals surface area contributed by atoms with Crippen LogP contribution in [0.15, 0.2) is 36.7 Å². The van der Waals surface area contributed by atoms with Crippen LogP contribution in [0.1, 0.15) is 9.81 Å². The Balaban J connectivity index is 1.68. The first kappa shape index (κ1) is 17.9. The Morgan fingerprint density at radius 3 is 2.83 bits per heavy atom. The zero-order chi connectivity index (χ0) is 24.2. The molecule has 30 heavy (non-hydrogen) atoms. The maximum Gasteiger partial charge on any atom is 0.323 e. The molecule has 2 aromatic heterocycles. The molecular formula is C18H19Cl2N7O3. The molecule has 3 rings (SSSR count). The fourth-order valence-corrected chi connectivity index (χ4v) is 2.94. The van der Waals surface area contributed by atoms with Crippen molar-refractivity contribution in [1.82, 2.24) is 30.1 Å². The van der Waals surface area contributed by atoms with Crippen LogP contribution < -0.4 is 10.6 Å². The van der Waals surface area contributed by atoms with Gasteiger partial charge in [0.1, 0.15) is 6.04 Å². The molecule has 0 fully saturated rings. The third-order valence-corrected chi connectivity index (χ3v) is 4.41. The number of amides is 1. The number of carbonyl (C=O) groups is 2. The Morgan fingerprint density at radius 1 is 1.33 bits per heavy atom. The van der Waals surface area contributed by atoms with Crippen LogP contribution in [0.4, 0.5) is 5.69 Å². The highest BCUT2D eigenvalue weighted by atomic mass is 35.5. The summed E-state index contributed by atoms with van der Waals surface area (Å²) in [5.74, 6) is -1.11. The van der Waals surface area contributed by atoms with E-state index in [9.17, 15) is 9.59 Å². The number of hydrogen-bond donors (Lipinski definition) is 2. The fourth-order valence-electron chi connectivity index (χ4n) is 2.64. The summed E-state index contributed by atoms with van der Waals surface area (Å²) in [5, 5.41) is 17.6. The molecule has 0 aliphatic carbocycles. The Kier molecular flexibility index (Phi) is 5.78. The van der Waals surface area contributed by atoms with Crippen molar-refractivity contribution in [3.8, 4) is 5.69 Å². The minimum absolute atomic E-state index is 0.0168. The third kappa shape index (κ3) is 5.56. The molecule has 0 aliphatic rings. The molecule has 0 saturated carbocycles. The van der Waals surface area contributed by atoms with Gasteiger partial charge in [-0.05, 0) is 24.3 Å². The minimum Gasteiger partial charge on any atom is -0.468 e.